The number of ether oxygens (including phenoxy) is 3. The van der Waals surface area contributed by atoms with Crippen LogP contribution in [0.1, 0.15) is 19.8 Å². The summed E-state index contributed by atoms with van der Waals surface area (Å²) in [6.07, 6.45) is -0.279. The molecule has 20 heavy (non-hydrogen) atoms. The second-order valence-corrected chi connectivity index (χ2v) is 3.71. The van der Waals surface area contributed by atoms with Crippen molar-refractivity contribution >= 4 is 23.8 Å². The largest absolute Gasteiger partial charge is 0.468 e. The molecular formula is C12H19NO7. The van der Waals surface area contributed by atoms with Crippen LogP contribution in [0.3, 0.4) is 0 Å². The van der Waals surface area contributed by atoms with Crippen molar-refractivity contribution in [2.24, 2.45) is 0 Å². The number of amides is 1. The van der Waals surface area contributed by atoms with Gasteiger partial charge in [0.15, 0.2) is 0 Å². The first kappa shape index (κ1) is 17.9. The lowest BCUT2D eigenvalue weighted by Crippen LogP contribution is -2.40. The Morgan fingerprint density at radius 1 is 0.850 bits per heavy atom. The molecule has 114 valence electrons. The molecular weight excluding hydrogens is 270 g/mol. The Bertz CT molecular complexity index is 349. The minimum Gasteiger partial charge on any atom is -0.468 e. The third kappa shape index (κ3) is 7.34. The van der Waals surface area contributed by atoms with Gasteiger partial charge in [0, 0.05) is 6.42 Å². The Balaban J connectivity index is 4.50. The summed E-state index contributed by atoms with van der Waals surface area (Å²) in [5, 5.41) is 0. The van der Waals surface area contributed by atoms with Crippen molar-refractivity contribution in [3.8, 4) is 0 Å². The van der Waals surface area contributed by atoms with E-state index >= 15 is 0 Å². The summed E-state index contributed by atoms with van der Waals surface area (Å²) in [4.78, 5) is 46.3. The van der Waals surface area contributed by atoms with E-state index in [0.717, 1.165) is 4.90 Å². The third-order valence-corrected chi connectivity index (χ3v) is 2.30. The minimum atomic E-state index is -0.668. The molecule has 1 amide bonds. The number of carbonyl (C=O) groups is 4. The topological polar surface area (TPSA) is 99.2 Å². The molecule has 0 aromatic heterocycles. The minimum absolute atomic E-state index is 0.120. The van der Waals surface area contributed by atoms with Crippen LogP contribution >= 0.6 is 0 Å². The molecule has 8 heteroatoms. The number of hydrogen-bond donors (Lipinski definition) is 0. The third-order valence-electron chi connectivity index (χ3n) is 2.30. The summed E-state index contributed by atoms with van der Waals surface area (Å²) in [5.74, 6) is -2.39. The van der Waals surface area contributed by atoms with Crippen LogP contribution in [0.5, 0.6) is 0 Å². The number of carbonyl (C=O) groups excluding carboxylic acids is 4. The van der Waals surface area contributed by atoms with E-state index in [1.165, 1.54) is 14.2 Å². The molecule has 0 spiro atoms. The van der Waals surface area contributed by atoms with E-state index in [-0.39, 0.29) is 32.5 Å². The van der Waals surface area contributed by atoms with E-state index in [1.807, 2.05) is 0 Å². The van der Waals surface area contributed by atoms with Crippen molar-refractivity contribution in [2.75, 3.05) is 33.9 Å². The molecule has 0 N–H and O–H groups in total. The number of nitrogens with zero attached hydrogens (tertiary/aromatic N) is 1. The summed E-state index contributed by atoms with van der Waals surface area (Å²) < 4.78 is 13.6. The van der Waals surface area contributed by atoms with Crippen LogP contribution in [0.15, 0.2) is 0 Å². The van der Waals surface area contributed by atoms with E-state index in [4.69, 9.17) is 0 Å². The summed E-state index contributed by atoms with van der Waals surface area (Å²) in [7, 11) is 2.34. The molecule has 8 nitrogen and oxygen atoms in total. The van der Waals surface area contributed by atoms with Crippen molar-refractivity contribution in [1.29, 1.82) is 0 Å². The van der Waals surface area contributed by atoms with Crippen molar-refractivity contribution in [3.63, 3.8) is 0 Å². The van der Waals surface area contributed by atoms with E-state index in [1.54, 1.807) is 6.92 Å². The van der Waals surface area contributed by atoms with Gasteiger partial charge in [-0.05, 0) is 6.92 Å². The van der Waals surface area contributed by atoms with E-state index in [2.05, 4.69) is 14.2 Å². The second-order valence-electron chi connectivity index (χ2n) is 3.71. The Morgan fingerprint density at radius 3 is 1.75 bits per heavy atom. The smallest absolute Gasteiger partial charge is 0.325 e. The van der Waals surface area contributed by atoms with Crippen LogP contribution in [0, 0.1) is 0 Å². The van der Waals surface area contributed by atoms with Gasteiger partial charge in [-0.15, -0.1) is 0 Å². The van der Waals surface area contributed by atoms with Crippen molar-refractivity contribution in [3.05, 3.63) is 0 Å². The highest BCUT2D eigenvalue weighted by molar-refractivity contribution is 5.87. The molecule has 0 aliphatic rings. The van der Waals surface area contributed by atoms with Crippen LogP contribution in [-0.2, 0) is 33.4 Å². The standard InChI is InChI=1S/C12H19NO7/c1-4-20-10(15)6-5-9(14)13(7-11(16)18-2)8-12(17)19-3/h4-8H2,1-3H3. The van der Waals surface area contributed by atoms with Gasteiger partial charge in [-0.25, -0.2) is 0 Å². The molecule has 0 saturated carbocycles. The first-order valence-electron chi connectivity index (χ1n) is 6.01. The fraction of sp³-hybridized carbons (Fsp3) is 0.667. The predicted molar refractivity (Wildman–Crippen MR) is 66.5 cm³/mol. The highest BCUT2D eigenvalue weighted by Gasteiger charge is 2.21. The quantitative estimate of drug-likeness (QED) is 0.439. The summed E-state index contributed by atoms with van der Waals surface area (Å²) in [6, 6.07) is 0. The summed E-state index contributed by atoms with van der Waals surface area (Å²) in [5.41, 5.74) is 0. The molecule has 0 unspecified atom stereocenters. The van der Waals surface area contributed by atoms with E-state index < -0.39 is 23.8 Å². The zero-order valence-electron chi connectivity index (χ0n) is 11.8. The molecule has 0 aromatic rings. The monoisotopic (exact) mass is 289 g/mol. The van der Waals surface area contributed by atoms with Gasteiger partial charge in [-0.1, -0.05) is 0 Å². The van der Waals surface area contributed by atoms with Gasteiger partial charge in [0.1, 0.15) is 13.1 Å². The average Bonchev–Trinajstić information content (AvgIpc) is 2.43. The molecule has 0 aliphatic carbocycles. The molecule has 0 fully saturated rings. The number of esters is 3. The molecule has 0 atom stereocenters. The lowest BCUT2D eigenvalue weighted by molar-refractivity contribution is -0.152. The highest BCUT2D eigenvalue weighted by atomic mass is 16.5. The molecule has 0 bridgehead atoms. The van der Waals surface area contributed by atoms with Crippen molar-refractivity contribution in [2.45, 2.75) is 19.8 Å². The maximum Gasteiger partial charge on any atom is 0.325 e. The molecule has 0 saturated heterocycles. The lowest BCUT2D eigenvalue weighted by atomic mass is 10.2. The number of methoxy groups -OCH3 is 2. The van der Waals surface area contributed by atoms with Crippen molar-refractivity contribution < 1.29 is 33.4 Å². The normalized spacial score (nSPS) is 9.55. The van der Waals surface area contributed by atoms with E-state index in [9.17, 15) is 19.2 Å². The number of hydrogen-bond acceptors (Lipinski definition) is 7. The maximum atomic E-state index is 11.9. The first-order valence-corrected chi connectivity index (χ1v) is 6.01. The second kappa shape index (κ2) is 9.76. The van der Waals surface area contributed by atoms with Crippen LogP contribution in [-0.4, -0.2) is 62.6 Å². The van der Waals surface area contributed by atoms with Crippen LogP contribution in [0.2, 0.25) is 0 Å². The molecule has 0 aromatic carbocycles. The van der Waals surface area contributed by atoms with Gasteiger partial charge in [0.25, 0.3) is 0 Å². The molecule has 0 rings (SSSR count). The maximum absolute atomic E-state index is 11.9. The fourth-order valence-electron chi connectivity index (χ4n) is 1.27. The number of rotatable bonds is 8. The van der Waals surface area contributed by atoms with Gasteiger partial charge in [-0.3, -0.25) is 19.2 Å². The van der Waals surface area contributed by atoms with Crippen LogP contribution in [0.25, 0.3) is 0 Å². The predicted octanol–water partition coefficient (Wildman–Crippen LogP) is -0.496. The highest BCUT2D eigenvalue weighted by Crippen LogP contribution is 2.01. The Kier molecular flexibility index (Phi) is 8.73. The van der Waals surface area contributed by atoms with Gasteiger partial charge >= 0.3 is 17.9 Å². The Morgan fingerprint density at radius 2 is 1.35 bits per heavy atom. The van der Waals surface area contributed by atoms with Gasteiger partial charge in [0.2, 0.25) is 5.91 Å². The van der Waals surface area contributed by atoms with Crippen LogP contribution in [0.4, 0.5) is 0 Å². The van der Waals surface area contributed by atoms with E-state index in [0.29, 0.717) is 0 Å². The Labute approximate surface area is 117 Å². The fourth-order valence-corrected chi connectivity index (χ4v) is 1.27. The SMILES string of the molecule is CCOC(=O)CCC(=O)N(CC(=O)OC)CC(=O)OC. The van der Waals surface area contributed by atoms with Gasteiger partial charge < -0.3 is 19.1 Å². The zero-order valence-corrected chi connectivity index (χ0v) is 11.8. The van der Waals surface area contributed by atoms with Gasteiger partial charge in [-0.2, -0.15) is 0 Å². The van der Waals surface area contributed by atoms with Crippen molar-refractivity contribution in [1.82, 2.24) is 4.90 Å². The average molecular weight is 289 g/mol. The lowest BCUT2D eigenvalue weighted by Gasteiger charge is -2.19. The summed E-state index contributed by atoms with van der Waals surface area (Å²) in [6.45, 7) is 1.11. The molecule has 0 radical (unpaired) electrons. The summed E-state index contributed by atoms with van der Waals surface area (Å²) >= 11 is 0. The molecule has 0 aliphatic heterocycles. The molecule has 0 heterocycles. The first-order chi connectivity index (χ1) is 9.44. The Hall–Kier alpha value is -2.12. The zero-order chi connectivity index (χ0) is 15.5. The van der Waals surface area contributed by atoms with Gasteiger partial charge in [0.05, 0.1) is 27.2 Å². The van der Waals surface area contributed by atoms with Crippen LogP contribution < -0.4 is 0 Å².